The van der Waals surface area contributed by atoms with Gasteiger partial charge in [0.05, 0.1) is 5.52 Å². The first kappa shape index (κ1) is 6.62. The van der Waals surface area contributed by atoms with Crippen molar-refractivity contribution in [3.63, 3.8) is 0 Å². The Bertz CT molecular complexity index is 384. The zero-order valence-corrected chi connectivity index (χ0v) is 6.47. The molecule has 2 rings (SSSR count). The van der Waals surface area contributed by atoms with Crippen molar-refractivity contribution in [1.82, 2.24) is 4.98 Å². The number of nitrogens with zero attached hydrogens (tertiary/aromatic N) is 1. The number of aromatic nitrogens is 1. The third-order valence-electron chi connectivity index (χ3n) is 1.50. The fourth-order valence-electron chi connectivity index (χ4n) is 0.981. The van der Waals surface area contributed by atoms with Gasteiger partial charge in [-0.1, -0.05) is 17.7 Å². The van der Waals surface area contributed by atoms with Crippen molar-refractivity contribution in [2.45, 2.75) is 0 Å². The fourth-order valence-corrected chi connectivity index (χ4v) is 1.14. The zero-order valence-electron chi connectivity index (χ0n) is 5.71. The molecule has 1 aromatic carbocycles. The van der Waals surface area contributed by atoms with Crippen molar-refractivity contribution >= 4 is 22.5 Å². The van der Waals surface area contributed by atoms with Gasteiger partial charge in [0.1, 0.15) is 5.15 Å². The summed E-state index contributed by atoms with van der Waals surface area (Å²) < 4.78 is 0. The van der Waals surface area contributed by atoms with Gasteiger partial charge in [-0.15, -0.1) is 0 Å². The second-order valence-corrected chi connectivity index (χ2v) is 2.64. The normalized spacial score (nSPS) is 10.3. The molecule has 0 bridgehead atoms. The molecule has 1 nitrogen and oxygen atoms in total. The van der Waals surface area contributed by atoms with Crippen molar-refractivity contribution < 1.29 is 0 Å². The van der Waals surface area contributed by atoms with Crippen LogP contribution in [-0.4, -0.2) is 4.98 Å². The molecule has 1 aromatic heterocycles. The van der Waals surface area contributed by atoms with Crippen molar-refractivity contribution in [1.29, 1.82) is 0 Å². The molecule has 0 fully saturated rings. The lowest BCUT2D eigenvalue weighted by molar-refractivity contribution is 1.41. The van der Waals surface area contributed by atoms with Crippen LogP contribution in [0.2, 0.25) is 5.15 Å². The van der Waals surface area contributed by atoms with E-state index in [1.165, 1.54) is 0 Å². The lowest BCUT2D eigenvalue weighted by atomic mass is 10.2. The first-order valence-corrected chi connectivity index (χ1v) is 3.66. The summed E-state index contributed by atoms with van der Waals surface area (Å²) in [5, 5.41) is 1.60. The van der Waals surface area contributed by atoms with Crippen molar-refractivity contribution in [2.75, 3.05) is 0 Å². The Morgan fingerprint density at radius 2 is 2.18 bits per heavy atom. The first-order chi connectivity index (χ1) is 5.36. The fraction of sp³-hybridized carbons (Fsp3) is 0. The predicted octanol–water partition coefficient (Wildman–Crippen LogP) is 2.69. The molecule has 0 saturated carbocycles. The molecule has 11 heavy (non-hydrogen) atoms. The summed E-state index contributed by atoms with van der Waals surface area (Å²) in [6, 6.07) is 12.3. The summed E-state index contributed by atoms with van der Waals surface area (Å²) in [6.45, 7) is 0. The van der Waals surface area contributed by atoms with Crippen LogP contribution in [0.1, 0.15) is 0 Å². The highest BCUT2D eigenvalue weighted by molar-refractivity contribution is 6.29. The van der Waals surface area contributed by atoms with E-state index < -0.39 is 0 Å². The van der Waals surface area contributed by atoms with Crippen LogP contribution < -0.4 is 0 Å². The highest BCUT2D eigenvalue weighted by atomic mass is 35.5. The molecular formula is C9H5ClN. The van der Waals surface area contributed by atoms with E-state index in [1.54, 1.807) is 6.07 Å². The molecule has 0 aliphatic carbocycles. The summed E-state index contributed by atoms with van der Waals surface area (Å²) in [7, 11) is 0. The van der Waals surface area contributed by atoms with Crippen LogP contribution in [-0.2, 0) is 0 Å². The van der Waals surface area contributed by atoms with Crippen LogP contribution in [0.4, 0.5) is 0 Å². The quantitative estimate of drug-likeness (QED) is 0.543. The van der Waals surface area contributed by atoms with Gasteiger partial charge in [-0.3, -0.25) is 0 Å². The molecular weight excluding hydrogens is 158 g/mol. The maximum atomic E-state index is 5.70. The van der Waals surface area contributed by atoms with Crippen LogP contribution in [0, 0.1) is 6.07 Å². The first-order valence-electron chi connectivity index (χ1n) is 3.28. The third-order valence-corrected chi connectivity index (χ3v) is 1.71. The molecule has 0 unspecified atom stereocenters. The van der Waals surface area contributed by atoms with Crippen LogP contribution in [0.3, 0.4) is 0 Å². The van der Waals surface area contributed by atoms with Gasteiger partial charge in [0, 0.05) is 5.39 Å². The molecule has 2 heteroatoms. The van der Waals surface area contributed by atoms with E-state index in [0.717, 1.165) is 10.9 Å². The van der Waals surface area contributed by atoms with Crippen molar-refractivity contribution in [3.8, 4) is 0 Å². The standard InChI is InChI=1S/C9H5ClN/c10-9-6-5-7-3-1-2-4-8(7)11-9/h2-6H. The van der Waals surface area contributed by atoms with Gasteiger partial charge < -0.3 is 0 Å². The van der Waals surface area contributed by atoms with E-state index in [4.69, 9.17) is 11.6 Å². The maximum Gasteiger partial charge on any atom is 0.129 e. The Morgan fingerprint density at radius 3 is 3.09 bits per heavy atom. The monoisotopic (exact) mass is 162 g/mol. The third kappa shape index (κ3) is 1.19. The topological polar surface area (TPSA) is 12.9 Å². The van der Waals surface area contributed by atoms with Gasteiger partial charge in [0.25, 0.3) is 0 Å². The second kappa shape index (κ2) is 2.51. The van der Waals surface area contributed by atoms with E-state index in [2.05, 4.69) is 11.1 Å². The second-order valence-electron chi connectivity index (χ2n) is 2.25. The van der Waals surface area contributed by atoms with Gasteiger partial charge in [-0.25, -0.2) is 4.98 Å². The highest BCUT2D eigenvalue weighted by Crippen LogP contribution is 2.13. The minimum absolute atomic E-state index is 0.531. The summed E-state index contributed by atoms with van der Waals surface area (Å²) in [5.74, 6) is 0. The van der Waals surface area contributed by atoms with Crippen LogP contribution >= 0.6 is 11.6 Å². The molecule has 0 aliphatic rings. The minimum Gasteiger partial charge on any atom is -0.236 e. The molecule has 2 aromatic rings. The number of fused-ring (bicyclic) bond motifs is 1. The molecule has 0 spiro atoms. The SMILES string of the molecule is Clc1ccc2c[c]ccc2n1. The lowest BCUT2D eigenvalue weighted by Gasteiger charge is -1.94. The largest absolute Gasteiger partial charge is 0.236 e. The zero-order chi connectivity index (χ0) is 7.68. The van der Waals surface area contributed by atoms with Gasteiger partial charge in [-0.05, 0) is 30.3 Å². The lowest BCUT2D eigenvalue weighted by Crippen LogP contribution is -1.77. The van der Waals surface area contributed by atoms with E-state index in [9.17, 15) is 0 Å². The minimum atomic E-state index is 0.531. The van der Waals surface area contributed by atoms with Crippen LogP contribution in [0.25, 0.3) is 10.9 Å². The number of halogens is 1. The smallest absolute Gasteiger partial charge is 0.129 e. The summed E-state index contributed by atoms with van der Waals surface area (Å²) in [4.78, 5) is 4.12. The highest BCUT2D eigenvalue weighted by Gasteiger charge is 1.92. The van der Waals surface area contributed by atoms with Gasteiger partial charge in [0.15, 0.2) is 0 Å². The molecule has 0 saturated heterocycles. The maximum absolute atomic E-state index is 5.70. The Labute approximate surface area is 69.6 Å². The molecule has 1 heterocycles. The molecule has 0 atom stereocenters. The molecule has 1 radical (unpaired) electrons. The Balaban J connectivity index is 2.83. The van der Waals surface area contributed by atoms with Gasteiger partial charge in [0.2, 0.25) is 0 Å². The Kier molecular flexibility index (Phi) is 1.51. The van der Waals surface area contributed by atoms with Crippen molar-refractivity contribution in [3.05, 3.63) is 41.6 Å². The van der Waals surface area contributed by atoms with Crippen LogP contribution in [0.15, 0.2) is 30.3 Å². The molecule has 0 amide bonds. The molecule has 53 valence electrons. The van der Waals surface area contributed by atoms with E-state index in [0.29, 0.717) is 5.15 Å². The van der Waals surface area contributed by atoms with Crippen LogP contribution in [0.5, 0.6) is 0 Å². The molecule has 0 N–H and O–H groups in total. The van der Waals surface area contributed by atoms with Gasteiger partial charge in [-0.2, -0.15) is 0 Å². The number of hydrogen-bond donors (Lipinski definition) is 0. The Morgan fingerprint density at radius 1 is 1.27 bits per heavy atom. The number of rotatable bonds is 0. The average Bonchev–Trinajstić information content (AvgIpc) is 2.04. The number of pyridine rings is 1. The predicted molar refractivity (Wildman–Crippen MR) is 45.6 cm³/mol. The van der Waals surface area contributed by atoms with Crippen molar-refractivity contribution in [2.24, 2.45) is 0 Å². The Hall–Kier alpha value is -1.08. The number of benzene rings is 1. The summed E-state index contributed by atoms with van der Waals surface area (Å²) >= 11 is 5.70. The van der Waals surface area contributed by atoms with E-state index in [-0.39, 0.29) is 0 Å². The van der Waals surface area contributed by atoms with E-state index in [1.807, 2.05) is 24.3 Å². The number of hydrogen-bond acceptors (Lipinski definition) is 1. The summed E-state index contributed by atoms with van der Waals surface area (Å²) in [6.07, 6.45) is 0. The average molecular weight is 163 g/mol. The summed E-state index contributed by atoms with van der Waals surface area (Å²) in [5.41, 5.74) is 0.913. The van der Waals surface area contributed by atoms with E-state index >= 15 is 0 Å². The molecule has 0 aliphatic heterocycles. The van der Waals surface area contributed by atoms with Gasteiger partial charge >= 0.3 is 0 Å².